The molecule has 0 spiro atoms. The van der Waals surface area contributed by atoms with Crippen molar-refractivity contribution in [3.63, 3.8) is 0 Å². The highest BCUT2D eigenvalue weighted by molar-refractivity contribution is 8.03. The van der Waals surface area contributed by atoms with E-state index < -0.39 is 17.9 Å². The molecule has 3 saturated heterocycles. The number of hydrogen-bond acceptors (Lipinski definition) is 9. The second-order valence-electron chi connectivity index (χ2n) is 9.93. The van der Waals surface area contributed by atoms with E-state index in [2.05, 4.69) is 16.0 Å². The standard InChI is InChI=1S/C22H35N7O5S/c1-9-17-16(10(2)27-15(30)6-25-3)21(32)29(17)18(22(33)34)19(9)35-11-4-14(26-5-11)20(31)28-7-12(23)13(24)8-28/h9-14,16-17,25-26H,4-8,23-24H2,1-3H3,(H,27,30)(H,33,34)/t9-,10?,11+,12+,13+,14+,16-,17-/m1/s1. The van der Waals surface area contributed by atoms with E-state index in [1.54, 1.807) is 18.9 Å². The van der Waals surface area contributed by atoms with Crippen LogP contribution in [0.25, 0.3) is 0 Å². The maximum Gasteiger partial charge on any atom is 0.353 e. The maximum atomic E-state index is 13.0. The molecule has 3 amide bonds. The van der Waals surface area contributed by atoms with Crippen LogP contribution in [0.4, 0.5) is 0 Å². The molecule has 4 aliphatic heterocycles. The molecule has 3 fully saturated rings. The summed E-state index contributed by atoms with van der Waals surface area (Å²) in [6, 6.07) is -1.56. The average molecular weight is 510 g/mol. The SMILES string of the molecule is CNCC(=O)NC(C)[C@H]1C(=O)N2C(C(=O)O)=C(S[C@@H]3CN[C@H](C(=O)N4C[C@H](N)[C@@H](N)C4)C3)[C@H](C)[C@H]12. The molecule has 4 aliphatic rings. The Labute approximate surface area is 208 Å². The molecule has 0 aliphatic carbocycles. The van der Waals surface area contributed by atoms with Gasteiger partial charge in [-0.15, -0.1) is 11.8 Å². The third-order valence-corrected chi connectivity index (χ3v) is 8.97. The predicted octanol–water partition coefficient (Wildman–Crippen LogP) is -2.56. The van der Waals surface area contributed by atoms with Crippen LogP contribution in [-0.4, -0.2) is 107 Å². The molecule has 194 valence electrons. The second kappa shape index (κ2) is 10.1. The fourth-order valence-corrected chi connectivity index (χ4v) is 7.15. The molecule has 8 N–H and O–H groups in total. The van der Waals surface area contributed by atoms with E-state index in [4.69, 9.17) is 11.5 Å². The smallest absolute Gasteiger partial charge is 0.353 e. The van der Waals surface area contributed by atoms with Crippen molar-refractivity contribution in [2.75, 3.05) is 33.2 Å². The van der Waals surface area contributed by atoms with Crippen LogP contribution in [0.2, 0.25) is 0 Å². The van der Waals surface area contributed by atoms with Crippen molar-refractivity contribution in [1.82, 2.24) is 25.8 Å². The lowest BCUT2D eigenvalue weighted by Crippen LogP contribution is -2.66. The molecule has 0 saturated carbocycles. The number of aliphatic carboxylic acids is 1. The number of carbonyl (C=O) groups excluding carboxylic acids is 3. The van der Waals surface area contributed by atoms with Crippen molar-refractivity contribution in [3.8, 4) is 0 Å². The van der Waals surface area contributed by atoms with E-state index >= 15 is 0 Å². The molecule has 4 heterocycles. The van der Waals surface area contributed by atoms with E-state index in [0.717, 1.165) is 0 Å². The Kier molecular flexibility index (Phi) is 7.44. The highest BCUT2D eigenvalue weighted by Crippen LogP contribution is 2.51. The van der Waals surface area contributed by atoms with E-state index in [0.29, 0.717) is 31.0 Å². The van der Waals surface area contributed by atoms with Gasteiger partial charge in [-0.2, -0.15) is 0 Å². The normalized spacial score (nSPS) is 35.2. The Morgan fingerprint density at radius 3 is 2.51 bits per heavy atom. The topological polar surface area (TPSA) is 183 Å². The van der Waals surface area contributed by atoms with Gasteiger partial charge in [0, 0.05) is 53.8 Å². The zero-order chi connectivity index (χ0) is 25.6. The van der Waals surface area contributed by atoms with Gasteiger partial charge in [0.1, 0.15) is 5.70 Å². The summed E-state index contributed by atoms with van der Waals surface area (Å²) in [6.45, 7) is 5.26. The minimum absolute atomic E-state index is 0.0132. The fraction of sp³-hybridized carbons (Fsp3) is 0.727. The van der Waals surface area contributed by atoms with Gasteiger partial charge < -0.3 is 42.3 Å². The first-order valence-corrected chi connectivity index (χ1v) is 12.9. The average Bonchev–Trinajstić information content (AvgIpc) is 3.45. The largest absolute Gasteiger partial charge is 0.477 e. The predicted molar refractivity (Wildman–Crippen MR) is 130 cm³/mol. The number of amides is 3. The van der Waals surface area contributed by atoms with Gasteiger partial charge in [0.05, 0.1) is 24.5 Å². The number of carboxylic acids is 1. The van der Waals surface area contributed by atoms with Gasteiger partial charge in [-0.1, -0.05) is 6.92 Å². The molecule has 1 unspecified atom stereocenters. The molecule has 35 heavy (non-hydrogen) atoms. The summed E-state index contributed by atoms with van der Waals surface area (Å²) in [5, 5.41) is 18.8. The van der Waals surface area contributed by atoms with E-state index in [-0.39, 0.29) is 65.3 Å². The van der Waals surface area contributed by atoms with Crippen molar-refractivity contribution < 1.29 is 24.3 Å². The number of fused-ring (bicyclic) bond motifs is 1. The number of β-lactam (4-membered cyclic amide) rings is 1. The molecule has 13 heteroatoms. The molecule has 0 radical (unpaired) electrons. The van der Waals surface area contributed by atoms with Crippen LogP contribution in [0.3, 0.4) is 0 Å². The Balaban J connectivity index is 1.43. The quantitative estimate of drug-likeness (QED) is 0.190. The summed E-state index contributed by atoms with van der Waals surface area (Å²) in [5.74, 6) is -2.36. The lowest BCUT2D eigenvalue weighted by Gasteiger charge is -2.47. The summed E-state index contributed by atoms with van der Waals surface area (Å²) < 4.78 is 0. The van der Waals surface area contributed by atoms with Gasteiger partial charge in [0.2, 0.25) is 17.7 Å². The van der Waals surface area contributed by atoms with Gasteiger partial charge in [-0.25, -0.2) is 4.79 Å². The summed E-state index contributed by atoms with van der Waals surface area (Å²) in [7, 11) is 1.66. The number of rotatable bonds is 8. The van der Waals surface area contributed by atoms with Crippen molar-refractivity contribution in [3.05, 3.63) is 10.6 Å². The van der Waals surface area contributed by atoms with Crippen LogP contribution in [0, 0.1) is 11.8 Å². The minimum Gasteiger partial charge on any atom is -0.477 e. The van der Waals surface area contributed by atoms with E-state index in [1.807, 2.05) is 6.92 Å². The minimum atomic E-state index is -1.14. The number of hydrogen-bond donors (Lipinski definition) is 6. The number of nitrogens with one attached hydrogen (secondary N) is 3. The zero-order valence-electron chi connectivity index (χ0n) is 20.2. The van der Waals surface area contributed by atoms with Gasteiger partial charge in [-0.3, -0.25) is 14.4 Å². The van der Waals surface area contributed by atoms with Gasteiger partial charge in [-0.05, 0) is 20.4 Å². The molecular formula is C22H35N7O5S. The summed E-state index contributed by atoms with van der Waals surface area (Å²) in [6.07, 6.45) is 0.548. The Bertz CT molecular complexity index is 935. The lowest BCUT2D eigenvalue weighted by atomic mass is 9.78. The molecule has 8 atom stereocenters. The Hall–Kier alpha value is -2.19. The summed E-state index contributed by atoms with van der Waals surface area (Å²) in [4.78, 5) is 53.8. The lowest BCUT2D eigenvalue weighted by molar-refractivity contribution is -0.158. The maximum absolute atomic E-state index is 13.0. The number of carbonyl (C=O) groups is 4. The number of carboxylic acid groups (broad SMARTS) is 1. The van der Waals surface area contributed by atoms with Crippen molar-refractivity contribution >= 4 is 35.5 Å². The van der Waals surface area contributed by atoms with Crippen LogP contribution in [0.5, 0.6) is 0 Å². The first-order valence-electron chi connectivity index (χ1n) is 12.0. The van der Waals surface area contributed by atoms with E-state index in [1.165, 1.54) is 16.7 Å². The molecule has 0 aromatic rings. The number of likely N-dealkylation sites (tertiary alicyclic amines) is 1. The van der Waals surface area contributed by atoms with Crippen LogP contribution >= 0.6 is 11.8 Å². The number of nitrogens with two attached hydrogens (primary N) is 2. The molecule has 0 bridgehead atoms. The molecule has 12 nitrogen and oxygen atoms in total. The van der Waals surface area contributed by atoms with Gasteiger partial charge >= 0.3 is 5.97 Å². The fourth-order valence-electron chi connectivity index (χ4n) is 5.67. The summed E-state index contributed by atoms with van der Waals surface area (Å²) >= 11 is 1.43. The van der Waals surface area contributed by atoms with Crippen molar-refractivity contribution in [1.29, 1.82) is 0 Å². The van der Waals surface area contributed by atoms with Crippen LogP contribution in [0.1, 0.15) is 20.3 Å². The number of nitrogens with zero attached hydrogens (tertiary/aromatic N) is 2. The van der Waals surface area contributed by atoms with Crippen molar-refractivity contribution in [2.24, 2.45) is 23.3 Å². The highest BCUT2D eigenvalue weighted by Gasteiger charge is 2.60. The third-order valence-electron chi connectivity index (χ3n) is 7.46. The van der Waals surface area contributed by atoms with Gasteiger partial charge in [0.25, 0.3) is 0 Å². The molecular weight excluding hydrogens is 474 g/mol. The number of likely N-dealkylation sites (N-methyl/N-ethyl adjacent to an activating group) is 1. The monoisotopic (exact) mass is 509 g/mol. The molecule has 0 aromatic heterocycles. The number of thioether (sulfide) groups is 1. The molecule has 4 rings (SSSR count). The van der Waals surface area contributed by atoms with Crippen LogP contribution in [-0.2, 0) is 19.2 Å². The van der Waals surface area contributed by atoms with Crippen LogP contribution < -0.4 is 27.4 Å². The highest BCUT2D eigenvalue weighted by atomic mass is 32.2. The Morgan fingerprint density at radius 1 is 1.26 bits per heavy atom. The first kappa shape index (κ1) is 25.9. The van der Waals surface area contributed by atoms with E-state index in [9.17, 15) is 24.3 Å². The first-order chi connectivity index (χ1) is 16.5. The van der Waals surface area contributed by atoms with Gasteiger partial charge in [0.15, 0.2) is 0 Å². The Morgan fingerprint density at radius 2 is 1.91 bits per heavy atom. The zero-order valence-corrected chi connectivity index (χ0v) is 21.0. The third kappa shape index (κ3) is 4.67. The summed E-state index contributed by atoms with van der Waals surface area (Å²) in [5.41, 5.74) is 11.9. The van der Waals surface area contributed by atoms with Crippen molar-refractivity contribution in [2.45, 2.75) is 55.7 Å². The molecule has 0 aromatic carbocycles. The second-order valence-corrected chi connectivity index (χ2v) is 11.3. The van der Waals surface area contributed by atoms with Crippen LogP contribution in [0.15, 0.2) is 10.6 Å².